The van der Waals surface area contributed by atoms with Gasteiger partial charge in [0.05, 0.1) is 10.6 Å². The van der Waals surface area contributed by atoms with Gasteiger partial charge in [-0.05, 0) is 55.8 Å². The van der Waals surface area contributed by atoms with Crippen LogP contribution < -0.4 is 10.6 Å². The summed E-state index contributed by atoms with van der Waals surface area (Å²) in [6.07, 6.45) is 6.10. The van der Waals surface area contributed by atoms with Gasteiger partial charge in [-0.2, -0.15) is 0 Å². The third-order valence-corrected chi connectivity index (χ3v) is 8.38. The first-order chi connectivity index (χ1) is 14.1. The Morgan fingerprint density at radius 1 is 1.13 bits per heavy atom. The van der Waals surface area contributed by atoms with Crippen LogP contribution in [0.4, 0.5) is 0 Å². The summed E-state index contributed by atoms with van der Waals surface area (Å²) in [6.45, 7) is 6.70. The summed E-state index contributed by atoms with van der Waals surface area (Å²) in [5.41, 5.74) is 1.14. The molecule has 8 heteroatoms. The standard InChI is InChI=1S/C23H38N4O2S.HI/c1-23(2,3)17-9-11-21(12-10-17)30(28,29)14-13-25-22(24-4)26-18-15-19-7-6-8-20(16-18)27(19)5;/h9-12,18-20H,6-8,13-16H2,1-5H3,(H2,24,25,26);1H. The number of aliphatic imine (C=N–C) groups is 1. The van der Waals surface area contributed by atoms with E-state index in [-0.39, 0.29) is 35.1 Å². The van der Waals surface area contributed by atoms with Crippen molar-refractivity contribution in [3.8, 4) is 0 Å². The molecule has 1 aromatic rings. The Morgan fingerprint density at radius 3 is 2.23 bits per heavy atom. The normalized spacial score (nSPS) is 24.9. The maximum Gasteiger partial charge on any atom is 0.191 e. The van der Waals surface area contributed by atoms with Gasteiger partial charge in [-0.15, -0.1) is 24.0 Å². The molecule has 6 nitrogen and oxygen atoms in total. The predicted octanol–water partition coefficient (Wildman–Crippen LogP) is 3.56. The van der Waals surface area contributed by atoms with Gasteiger partial charge in [0.25, 0.3) is 0 Å². The monoisotopic (exact) mass is 562 g/mol. The fourth-order valence-corrected chi connectivity index (χ4v) is 5.86. The summed E-state index contributed by atoms with van der Waals surface area (Å²) in [5, 5.41) is 6.72. The summed E-state index contributed by atoms with van der Waals surface area (Å²) >= 11 is 0. The molecule has 2 N–H and O–H groups in total. The van der Waals surface area contributed by atoms with Crippen LogP contribution in [0.2, 0.25) is 0 Å². The van der Waals surface area contributed by atoms with E-state index in [0.717, 1.165) is 18.4 Å². The van der Waals surface area contributed by atoms with Crippen LogP contribution in [0.25, 0.3) is 0 Å². The van der Waals surface area contributed by atoms with Crippen LogP contribution in [0.5, 0.6) is 0 Å². The lowest BCUT2D eigenvalue weighted by Gasteiger charge is -2.47. The summed E-state index contributed by atoms with van der Waals surface area (Å²) < 4.78 is 25.4. The molecule has 2 heterocycles. The average molecular weight is 563 g/mol. The molecule has 0 spiro atoms. The molecule has 2 aliphatic heterocycles. The predicted molar refractivity (Wildman–Crippen MR) is 139 cm³/mol. The number of sulfone groups is 1. The van der Waals surface area contributed by atoms with Crippen LogP contribution >= 0.6 is 24.0 Å². The van der Waals surface area contributed by atoms with Crippen LogP contribution in [0.1, 0.15) is 58.4 Å². The lowest BCUT2D eigenvalue weighted by atomic mass is 9.82. The van der Waals surface area contributed by atoms with Crippen LogP contribution in [0, 0.1) is 0 Å². The fraction of sp³-hybridized carbons (Fsp3) is 0.696. The number of rotatable bonds is 5. The zero-order valence-electron chi connectivity index (χ0n) is 19.5. The van der Waals surface area contributed by atoms with Crippen molar-refractivity contribution in [3.05, 3.63) is 29.8 Å². The summed E-state index contributed by atoms with van der Waals surface area (Å²) in [6, 6.07) is 8.95. The van der Waals surface area contributed by atoms with E-state index in [2.05, 4.69) is 48.3 Å². The van der Waals surface area contributed by atoms with Crippen molar-refractivity contribution < 1.29 is 8.42 Å². The van der Waals surface area contributed by atoms with E-state index in [1.54, 1.807) is 19.2 Å². The molecular weight excluding hydrogens is 523 g/mol. The Bertz CT molecular complexity index is 835. The Kier molecular flexibility index (Phi) is 9.22. The third-order valence-electron chi connectivity index (χ3n) is 6.65. The number of piperidine rings is 2. The van der Waals surface area contributed by atoms with Gasteiger partial charge in [0, 0.05) is 31.7 Å². The number of halogens is 1. The molecule has 0 amide bonds. The van der Waals surface area contributed by atoms with E-state index in [4.69, 9.17) is 0 Å². The molecule has 0 aliphatic carbocycles. The van der Waals surface area contributed by atoms with Gasteiger partial charge in [0.1, 0.15) is 0 Å². The molecule has 2 atom stereocenters. The molecule has 2 bridgehead atoms. The highest BCUT2D eigenvalue weighted by Gasteiger charge is 2.36. The number of fused-ring (bicyclic) bond motifs is 2. The largest absolute Gasteiger partial charge is 0.355 e. The number of hydrogen-bond acceptors (Lipinski definition) is 4. The zero-order valence-corrected chi connectivity index (χ0v) is 22.7. The Balaban J connectivity index is 0.00000341. The molecular formula is C23H39IN4O2S. The Labute approximate surface area is 205 Å². The first-order valence-electron chi connectivity index (χ1n) is 11.1. The molecule has 0 saturated carbocycles. The SMILES string of the molecule is CN=C(NCCS(=O)(=O)c1ccc(C(C)(C)C)cc1)NC1CC2CCCC(C1)N2C.I. The van der Waals surface area contributed by atoms with E-state index in [1.165, 1.54) is 19.3 Å². The van der Waals surface area contributed by atoms with Crippen molar-refractivity contribution in [2.75, 3.05) is 26.4 Å². The highest BCUT2D eigenvalue weighted by molar-refractivity contribution is 14.0. The first kappa shape index (κ1) is 26.4. The molecule has 176 valence electrons. The van der Waals surface area contributed by atoms with Crippen LogP contribution in [-0.4, -0.2) is 63.8 Å². The van der Waals surface area contributed by atoms with Gasteiger partial charge in [-0.3, -0.25) is 4.99 Å². The highest BCUT2D eigenvalue weighted by atomic mass is 127. The minimum atomic E-state index is -3.33. The Morgan fingerprint density at radius 2 is 1.71 bits per heavy atom. The quantitative estimate of drug-likeness (QED) is 0.326. The maximum absolute atomic E-state index is 12.7. The third kappa shape index (κ3) is 6.81. The van der Waals surface area contributed by atoms with Gasteiger partial charge < -0.3 is 15.5 Å². The number of hydrogen-bond donors (Lipinski definition) is 2. The van der Waals surface area contributed by atoms with E-state index in [9.17, 15) is 8.42 Å². The van der Waals surface area contributed by atoms with Crippen molar-refractivity contribution in [3.63, 3.8) is 0 Å². The van der Waals surface area contributed by atoms with Crippen LogP contribution in [0.15, 0.2) is 34.2 Å². The van der Waals surface area contributed by atoms with Gasteiger partial charge in [0.15, 0.2) is 15.8 Å². The first-order valence-corrected chi connectivity index (χ1v) is 12.8. The second kappa shape index (κ2) is 10.8. The molecule has 1 aromatic carbocycles. The van der Waals surface area contributed by atoms with E-state index in [0.29, 0.717) is 35.5 Å². The van der Waals surface area contributed by atoms with Gasteiger partial charge in [-0.25, -0.2) is 8.42 Å². The van der Waals surface area contributed by atoms with Crippen molar-refractivity contribution in [2.45, 2.75) is 81.3 Å². The van der Waals surface area contributed by atoms with Crippen molar-refractivity contribution in [2.24, 2.45) is 4.99 Å². The van der Waals surface area contributed by atoms with E-state index in [1.807, 2.05) is 12.1 Å². The summed E-state index contributed by atoms with van der Waals surface area (Å²) in [5.74, 6) is 0.738. The molecule has 2 fully saturated rings. The minimum Gasteiger partial charge on any atom is -0.355 e. The lowest BCUT2D eigenvalue weighted by Crippen LogP contribution is -2.56. The van der Waals surface area contributed by atoms with Crippen molar-refractivity contribution in [1.29, 1.82) is 0 Å². The minimum absolute atomic E-state index is 0. The lowest BCUT2D eigenvalue weighted by molar-refractivity contribution is 0.0526. The van der Waals surface area contributed by atoms with Gasteiger partial charge >= 0.3 is 0 Å². The molecule has 0 aromatic heterocycles. The average Bonchev–Trinajstić information content (AvgIpc) is 2.67. The van der Waals surface area contributed by atoms with E-state index < -0.39 is 9.84 Å². The molecule has 2 aliphatic rings. The molecule has 2 unspecified atom stereocenters. The smallest absolute Gasteiger partial charge is 0.191 e. The van der Waals surface area contributed by atoms with Crippen molar-refractivity contribution in [1.82, 2.24) is 15.5 Å². The molecule has 31 heavy (non-hydrogen) atoms. The van der Waals surface area contributed by atoms with Crippen LogP contribution in [0.3, 0.4) is 0 Å². The second-order valence-electron chi connectivity index (χ2n) is 9.81. The van der Waals surface area contributed by atoms with Crippen LogP contribution in [-0.2, 0) is 15.3 Å². The van der Waals surface area contributed by atoms with E-state index >= 15 is 0 Å². The topological polar surface area (TPSA) is 73.8 Å². The van der Waals surface area contributed by atoms with Crippen molar-refractivity contribution >= 4 is 39.8 Å². The number of nitrogens with zero attached hydrogens (tertiary/aromatic N) is 2. The molecule has 2 saturated heterocycles. The highest BCUT2D eigenvalue weighted by Crippen LogP contribution is 2.32. The summed E-state index contributed by atoms with van der Waals surface area (Å²) in [7, 11) is 0.657. The maximum atomic E-state index is 12.7. The second-order valence-corrected chi connectivity index (χ2v) is 11.9. The summed E-state index contributed by atoms with van der Waals surface area (Å²) in [4.78, 5) is 7.23. The van der Waals surface area contributed by atoms with Gasteiger partial charge in [-0.1, -0.05) is 39.3 Å². The fourth-order valence-electron chi connectivity index (χ4n) is 4.71. The zero-order chi connectivity index (χ0) is 21.9. The number of benzene rings is 1. The van der Waals surface area contributed by atoms with Gasteiger partial charge in [0.2, 0.25) is 0 Å². The molecule has 0 radical (unpaired) electrons. The molecule has 3 rings (SSSR count). The number of nitrogens with one attached hydrogen (secondary N) is 2. The number of guanidine groups is 1. The Hall–Kier alpha value is -0.870.